The third-order valence-corrected chi connectivity index (χ3v) is 7.64. The number of Topliss-reactive ketones (excluding diaryl/α,β-unsaturated/α-hetero) is 1. The van der Waals surface area contributed by atoms with Gasteiger partial charge in [0.15, 0.2) is 17.3 Å². The average molecular weight is 524 g/mol. The van der Waals surface area contributed by atoms with E-state index in [1.54, 1.807) is 33.1 Å². The van der Waals surface area contributed by atoms with E-state index in [1.807, 2.05) is 55.6 Å². The molecule has 8 heteroatoms. The maximum Gasteiger partial charge on any atom is 0.336 e. The molecular formula is C29H33NO6S. The highest BCUT2D eigenvalue weighted by molar-refractivity contribution is 7.98. The molecule has 0 spiro atoms. The van der Waals surface area contributed by atoms with Crippen LogP contribution in [0.2, 0.25) is 0 Å². The standard InChI is InChI=1S/C29H33NO6S/c1-17-26(29(32)36-13-12-33-2)27(18-6-9-21(37-5)10-7-18)28-22(30-17)14-20(15-23(28)31)19-8-11-24(34-3)25(16-19)35-4/h6-11,16,20,27,30H,12-15H2,1-5H3. The second-order valence-electron chi connectivity index (χ2n) is 9.03. The molecule has 0 amide bonds. The van der Waals surface area contributed by atoms with Crippen molar-refractivity contribution < 1.29 is 28.5 Å². The van der Waals surface area contributed by atoms with Gasteiger partial charge in [0.2, 0.25) is 0 Å². The van der Waals surface area contributed by atoms with Crippen molar-refractivity contribution in [3.63, 3.8) is 0 Å². The van der Waals surface area contributed by atoms with Gasteiger partial charge in [-0.3, -0.25) is 4.79 Å². The lowest BCUT2D eigenvalue weighted by atomic mass is 9.71. The first kappa shape index (κ1) is 26.8. The summed E-state index contributed by atoms with van der Waals surface area (Å²) in [5.41, 5.74) is 4.54. The monoisotopic (exact) mass is 523 g/mol. The second kappa shape index (κ2) is 11.9. The number of carbonyl (C=O) groups is 2. The van der Waals surface area contributed by atoms with E-state index >= 15 is 0 Å². The molecule has 0 bridgehead atoms. The van der Waals surface area contributed by atoms with Crippen LogP contribution in [0.5, 0.6) is 11.5 Å². The molecule has 2 unspecified atom stereocenters. The van der Waals surface area contributed by atoms with Crippen molar-refractivity contribution in [2.24, 2.45) is 0 Å². The summed E-state index contributed by atoms with van der Waals surface area (Å²) in [5.74, 6) is 0.327. The molecule has 0 fully saturated rings. The number of allylic oxidation sites excluding steroid dienone is 3. The summed E-state index contributed by atoms with van der Waals surface area (Å²) in [6.45, 7) is 2.31. The molecule has 2 aromatic carbocycles. The van der Waals surface area contributed by atoms with Crippen LogP contribution in [0.1, 0.15) is 42.7 Å². The first-order valence-electron chi connectivity index (χ1n) is 12.2. The van der Waals surface area contributed by atoms with Gasteiger partial charge in [-0.2, -0.15) is 0 Å². The molecule has 196 valence electrons. The number of nitrogens with one attached hydrogen (secondary N) is 1. The summed E-state index contributed by atoms with van der Waals surface area (Å²) in [6.07, 6.45) is 2.99. The van der Waals surface area contributed by atoms with Crippen molar-refractivity contribution in [2.75, 3.05) is 40.8 Å². The molecule has 0 aromatic heterocycles. The van der Waals surface area contributed by atoms with E-state index < -0.39 is 11.9 Å². The van der Waals surface area contributed by atoms with Crippen LogP contribution in [0.25, 0.3) is 0 Å². The van der Waals surface area contributed by atoms with Gasteiger partial charge in [-0.05, 0) is 60.9 Å². The third kappa shape index (κ3) is 5.55. The fourth-order valence-corrected chi connectivity index (χ4v) is 5.49. The van der Waals surface area contributed by atoms with E-state index in [1.165, 1.54) is 0 Å². The van der Waals surface area contributed by atoms with Gasteiger partial charge in [0.25, 0.3) is 0 Å². The normalized spacial score (nSPS) is 19.3. The molecule has 0 radical (unpaired) electrons. The number of rotatable bonds is 9. The molecule has 2 aromatic rings. The van der Waals surface area contributed by atoms with Crippen LogP contribution < -0.4 is 14.8 Å². The largest absolute Gasteiger partial charge is 0.493 e. The number of hydrogen-bond acceptors (Lipinski definition) is 8. The predicted molar refractivity (Wildman–Crippen MR) is 143 cm³/mol. The zero-order valence-corrected chi connectivity index (χ0v) is 22.7. The molecule has 1 aliphatic carbocycles. The van der Waals surface area contributed by atoms with Crippen LogP contribution in [0, 0.1) is 0 Å². The number of dihydropyridines is 1. The number of benzene rings is 2. The van der Waals surface area contributed by atoms with Crippen LogP contribution in [0.3, 0.4) is 0 Å². The molecular weight excluding hydrogens is 490 g/mol. The van der Waals surface area contributed by atoms with Crippen LogP contribution >= 0.6 is 11.8 Å². The zero-order chi connectivity index (χ0) is 26.5. The van der Waals surface area contributed by atoms with Gasteiger partial charge in [-0.15, -0.1) is 11.8 Å². The molecule has 0 saturated carbocycles. The highest BCUT2D eigenvalue weighted by atomic mass is 32.2. The molecule has 2 atom stereocenters. The van der Waals surface area contributed by atoms with E-state index in [0.717, 1.165) is 21.7 Å². The van der Waals surface area contributed by atoms with E-state index in [0.29, 0.717) is 47.8 Å². The van der Waals surface area contributed by atoms with Gasteiger partial charge in [0.1, 0.15) is 6.61 Å². The van der Waals surface area contributed by atoms with Crippen LogP contribution in [0.4, 0.5) is 0 Å². The minimum Gasteiger partial charge on any atom is -0.493 e. The number of carbonyl (C=O) groups excluding carboxylic acids is 2. The first-order chi connectivity index (χ1) is 17.9. The van der Waals surface area contributed by atoms with Gasteiger partial charge in [0.05, 0.1) is 26.4 Å². The minimum absolute atomic E-state index is 0.0159. The van der Waals surface area contributed by atoms with Crippen LogP contribution in [-0.2, 0) is 19.1 Å². The van der Waals surface area contributed by atoms with Gasteiger partial charge in [-0.25, -0.2) is 4.79 Å². The minimum atomic E-state index is -0.499. The third-order valence-electron chi connectivity index (χ3n) is 6.90. The molecule has 1 aliphatic heterocycles. The molecule has 4 rings (SSSR count). The quantitative estimate of drug-likeness (QED) is 0.280. The Kier molecular flexibility index (Phi) is 8.61. The van der Waals surface area contributed by atoms with E-state index in [2.05, 4.69) is 5.32 Å². The topological polar surface area (TPSA) is 83.1 Å². The number of ether oxygens (including phenoxy) is 4. The van der Waals surface area contributed by atoms with E-state index in [4.69, 9.17) is 18.9 Å². The fourth-order valence-electron chi connectivity index (χ4n) is 5.08. The number of methoxy groups -OCH3 is 3. The Bertz CT molecular complexity index is 1230. The lowest BCUT2D eigenvalue weighted by molar-refractivity contribution is -0.140. The van der Waals surface area contributed by atoms with Crippen molar-refractivity contribution in [1.29, 1.82) is 0 Å². The Labute approximate surface area is 222 Å². The number of hydrogen-bond donors (Lipinski definition) is 1. The lowest BCUT2D eigenvalue weighted by Gasteiger charge is -2.36. The summed E-state index contributed by atoms with van der Waals surface area (Å²) < 4.78 is 21.4. The zero-order valence-electron chi connectivity index (χ0n) is 21.9. The van der Waals surface area contributed by atoms with Crippen molar-refractivity contribution in [2.45, 2.75) is 36.5 Å². The van der Waals surface area contributed by atoms with E-state index in [9.17, 15) is 9.59 Å². The summed E-state index contributed by atoms with van der Waals surface area (Å²) in [4.78, 5) is 28.1. The molecule has 37 heavy (non-hydrogen) atoms. The number of thioether (sulfide) groups is 1. The van der Waals surface area contributed by atoms with Gasteiger partial charge >= 0.3 is 5.97 Å². The van der Waals surface area contributed by atoms with Gasteiger partial charge < -0.3 is 24.3 Å². The Morgan fingerprint density at radius 1 is 0.973 bits per heavy atom. The van der Waals surface area contributed by atoms with Gasteiger partial charge in [-0.1, -0.05) is 18.2 Å². The van der Waals surface area contributed by atoms with Crippen molar-refractivity contribution in [1.82, 2.24) is 5.32 Å². The summed E-state index contributed by atoms with van der Waals surface area (Å²) in [7, 11) is 4.76. The van der Waals surface area contributed by atoms with E-state index in [-0.39, 0.29) is 18.3 Å². The molecule has 7 nitrogen and oxygen atoms in total. The Balaban J connectivity index is 1.73. The maximum absolute atomic E-state index is 13.8. The first-order valence-corrected chi connectivity index (χ1v) is 13.4. The maximum atomic E-state index is 13.8. The molecule has 1 N–H and O–H groups in total. The predicted octanol–water partition coefficient (Wildman–Crippen LogP) is 4.98. The summed E-state index contributed by atoms with van der Waals surface area (Å²) >= 11 is 1.64. The summed E-state index contributed by atoms with van der Waals surface area (Å²) in [5, 5.41) is 3.39. The molecule has 2 aliphatic rings. The Hall–Kier alpha value is -3.23. The van der Waals surface area contributed by atoms with Crippen LogP contribution in [0.15, 0.2) is 69.9 Å². The Morgan fingerprint density at radius 3 is 2.32 bits per heavy atom. The highest BCUT2D eigenvalue weighted by Gasteiger charge is 2.41. The van der Waals surface area contributed by atoms with Crippen molar-refractivity contribution >= 4 is 23.5 Å². The average Bonchev–Trinajstić information content (AvgIpc) is 2.91. The van der Waals surface area contributed by atoms with Crippen LogP contribution in [-0.4, -0.2) is 52.6 Å². The smallest absolute Gasteiger partial charge is 0.336 e. The second-order valence-corrected chi connectivity index (χ2v) is 9.91. The molecule has 1 heterocycles. The molecule has 0 saturated heterocycles. The number of ketones is 1. The lowest BCUT2D eigenvalue weighted by Crippen LogP contribution is -2.36. The van der Waals surface area contributed by atoms with Crippen molar-refractivity contribution in [3.8, 4) is 11.5 Å². The Morgan fingerprint density at radius 2 is 1.68 bits per heavy atom. The van der Waals surface area contributed by atoms with Gasteiger partial charge in [0, 0.05) is 41.3 Å². The SMILES string of the molecule is COCCOC(=O)C1=C(C)NC2=C(C(=O)CC(c3ccc(OC)c(OC)c3)C2)C1c1ccc(SC)cc1. The highest BCUT2D eigenvalue weighted by Crippen LogP contribution is 2.46. The van der Waals surface area contributed by atoms with Crippen molar-refractivity contribution in [3.05, 3.63) is 76.1 Å². The summed E-state index contributed by atoms with van der Waals surface area (Å²) in [6, 6.07) is 13.8. The fraction of sp³-hybridized carbons (Fsp3) is 0.379. The number of esters is 1.